The Labute approximate surface area is 170 Å². The fraction of sp³-hybridized carbons (Fsp3) is 0.500. The molecule has 8 nitrogen and oxygen atoms in total. The fourth-order valence-electron chi connectivity index (χ4n) is 3.44. The van der Waals surface area contributed by atoms with Crippen LogP contribution in [-0.2, 0) is 24.2 Å². The molecule has 9 heteroatoms. The lowest BCUT2D eigenvalue weighted by molar-refractivity contribution is -0.150. The van der Waals surface area contributed by atoms with Crippen molar-refractivity contribution in [1.82, 2.24) is 4.90 Å². The third-order valence-corrected chi connectivity index (χ3v) is 6.85. The average Bonchev–Trinajstić information content (AvgIpc) is 3.30. The van der Waals surface area contributed by atoms with Gasteiger partial charge in [-0.25, -0.2) is 13.2 Å². The molecule has 0 saturated carbocycles. The zero-order valence-electron chi connectivity index (χ0n) is 16.5. The van der Waals surface area contributed by atoms with E-state index in [0.717, 1.165) is 5.56 Å². The Bertz CT molecular complexity index is 909. The summed E-state index contributed by atoms with van der Waals surface area (Å²) in [7, 11) is -3.12. The van der Waals surface area contributed by atoms with E-state index < -0.39 is 22.4 Å². The second-order valence-electron chi connectivity index (χ2n) is 7.17. The van der Waals surface area contributed by atoms with Gasteiger partial charge in [0.1, 0.15) is 0 Å². The number of carbonyl (C=O) groups is 2. The highest BCUT2D eigenvalue weighted by Gasteiger charge is 2.36. The number of hydrogen-bond acceptors (Lipinski definition) is 7. The Morgan fingerprint density at radius 3 is 2.76 bits per heavy atom. The van der Waals surface area contributed by atoms with E-state index in [1.165, 1.54) is 6.08 Å². The quantitative estimate of drug-likeness (QED) is 0.487. The molecule has 1 fully saturated rings. The van der Waals surface area contributed by atoms with Crippen LogP contribution in [0.25, 0.3) is 6.08 Å². The molecule has 0 bridgehead atoms. The lowest BCUT2D eigenvalue weighted by Crippen LogP contribution is -2.48. The van der Waals surface area contributed by atoms with Crippen LogP contribution in [0.4, 0.5) is 0 Å². The second-order valence-corrected chi connectivity index (χ2v) is 9.40. The van der Waals surface area contributed by atoms with Gasteiger partial charge < -0.3 is 19.1 Å². The van der Waals surface area contributed by atoms with Gasteiger partial charge in [0.15, 0.2) is 27.9 Å². The summed E-state index contributed by atoms with van der Waals surface area (Å²) in [6.45, 7) is 3.53. The summed E-state index contributed by atoms with van der Waals surface area (Å²) in [4.78, 5) is 26.2. The molecule has 0 unspecified atom stereocenters. The van der Waals surface area contributed by atoms with Crippen LogP contribution in [0.1, 0.15) is 32.3 Å². The molecule has 2 atom stereocenters. The van der Waals surface area contributed by atoms with Crippen molar-refractivity contribution in [3.05, 3.63) is 29.8 Å². The smallest absolute Gasteiger partial charge is 0.331 e. The largest absolute Gasteiger partial charge is 0.454 e. The van der Waals surface area contributed by atoms with E-state index in [0.29, 0.717) is 24.3 Å². The van der Waals surface area contributed by atoms with Gasteiger partial charge in [0.2, 0.25) is 6.79 Å². The molecule has 1 aromatic rings. The average molecular weight is 423 g/mol. The van der Waals surface area contributed by atoms with Crippen LogP contribution in [0.3, 0.4) is 0 Å². The molecule has 1 amide bonds. The standard InChI is InChI=1S/C20H25NO7S/c1-3-14(2)21(16-8-9-29(24,25)12-16)19(22)11-26-20(23)7-5-15-4-6-17-18(10-15)28-13-27-17/h4-7,10,14,16H,3,8-9,11-13H2,1-2H3/b7-5+/t14-,16-/m1/s1. The molecule has 1 saturated heterocycles. The molecule has 29 heavy (non-hydrogen) atoms. The number of amides is 1. The zero-order chi connectivity index (χ0) is 21.0. The van der Waals surface area contributed by atoms with Gasteiger partial charge in [-0.1, -0.05) is 13.0 Å². The summed E-state index contributed by atoms with van der Waals surface area (Å²) in [5, 5.41) is 0. The van der Waals surface area contributed by atoms with Gasteiger partial charge in [-0.3, -0.25) is 4.79 Å². The highest BCUT2D eigenvalue weighted by atomic mass is 32.2. The molecule has 0 N–H and O–H groups in total. The number of benzene rings is 1. The van der Waals surface area contributed by atoms with E-state index >= 15 is 0 Å². The molecule has 158 valence electrons. The van der Waals surface area contributed by atoms with Crippen molar-refractivity contribution < 1.29 is 32.2 Å². The van der Waals surface area contributed by atoms with Crippen LogP contribution in [0.15, 0.2) is 24.3 Å². The summed E-state index contributed by atoms with van der Waals surface area (Å²) in [5.41, 5.74) is 0.731. The third-order valence-electron chi connectivity index (χ3n) is 5.10. The number of sulfone groups is 1. The van der Waals surface area contributed by atoms with Crippen LogP contribution < -0.4 is 9.47 Å². The van der Waals surface area contributed by atoms with Crippen LogP contribution in [0, 0.1) is 0 Å². The molecule has 3 rings (SSSR count). The minimum atomic E-state index is -3.12. The first-order valence-electron chi connectivity index (χ1n) is 9.55. The molecule has 0 aliphatic carbocycles. The summed E-state index contributed by atoms with van der Waals surface area (Å²) in [6.07, 6.45) is 3.89. The zero-order valence-corrected chi connectivity index (χ0v) is 17.3. The minimum Gasteiger partial charge on any atom is -0.454 e. The number of hydrogen-bond donors (Lipinski definition) is 0. The highest BCUT2D eigenvalue weighted by Crippen LogP contribution is 2.32. The van der Waals surface area contributed by atoms with E-state index in [4.69, 9.17) is 14.2 Å². The topological polar surface area (TPSA) is 99.2 Å². The highest BCUT2D eigenvalue weighted by molar-refractivity contribution is 7.91. The number of carbonyl (C=O) groups excluding carboxylic acids is 2. The molecular weight excluding hydrogens is 398 g/mol. The van der Waals surface area contributed by atoms with E-state index in [9.17, 15) is 18.0 Å². The van der Waals surface area contributed by atoms with Gasteiger partial charge in [-0.2, -0.15) is 0 Å². The normalized spacial score (nSPS) is 20.6. The molecule has 2 aliphatic heterocycles. The maximum Gasteiger partial charge on any atom is 0.331 e. The Hall–Kier alpha value is -2.55. The fourth-order valence-corrected chi connectivity index (χ4v) is 5.15. The van der Waals surface area contributed by atoms with Gasteiger partial charge in [-0.15, -0.1) is 0 Å². The van der Waals surface area contributed by atoms with Crippen molar-refractivity contribution in [2.45, 2.75) is 38.8 Å². The Morgan fingerprint density at radius 1 is 1.31 bits per heavy atom. The molecule has 2 heterocycles. The minimum absolute atomic E-state index is 0.0406. The van der Waals surface area contributed by atoms with E-state index in [-0.39, 0.29) is 36.3 Å². The lowest BCUT2D eigenvalue weighted by Gasteiger charge is -2.33. The maximum atomic E-state index is 12.6. The Morgan fingerprint density at radius 2 is 2.07 bits per heavy atom. The Kier molecular flexibility index (Phi) is 6.46. The van der Waals surface area contributed by atoms with Crippen LogP contribution in [0.5, 0.6) is 11.5 Å². The molecule has 1 aromatic carbocycles. The van der Waals surface area contributed by atoms with E-state index in [1.807, 2.05) is 13.8 Å². The second kappa shape index (κ2) is 8.86. The molecular formula is C20H25NO7S. The van der Waals surface area contributed by atoms with Gasteiger partial charge in [0.05, 0.1) is 11.5 Å². The van der Waals surface area contributed by atoms with E-state index in [2.05, 4.69) is 0 Å². The summed E-state index contributed by atoms with van der Waals surface area (Å²) < 4.78 is 39.2. The predicted molar refractivity (Wildman–Crippen MR) is 106 cm³/mol. The van der Waals surface area contributed by atoms with Crippen LogP contribution in [0.2, 0.25) is 0 Å². The first kappa shape index (κ1) is 21.2. The number of nitrogens with zero attached hydrogens (tertiary/aromatic N) is 1. The van der Waals surface area contributed by atoms with Gasteiger partial charge in [-0.05, 0) is 43.5 Å². The monoisotopic (exact) mass is 423 g/mol. The summed E-state index contributed by atoms with van der Waals surface area (Å²) >= 11 is 0. The number of fused-ring (bicyclic) bond motifs is 1. The summed E-state index contributed by atoms with van der Waals surface area (Å²) in [6, 6.07) is 4.75. The van der Waals surface area contributed by atoms with Gasteiger partial charge in [0, 0.05) is 18.2 Å². The van der Waals surface area contributed by atoms with Crippen molar-refractivity contribution in [3.63, 3.8) is 0 Å². The predicted octanol–water partition coefficient (Wildman–Crippen LogP) is 1.79. The van der Waals surface area contributed by atoms with Gasteiger partial charge in [0.25, 0.3) is 5.91 Å². The first-order chi connectivity index (χ1) is 13.8. The van der Waals surface area contributed by atoms with Crippen molar-refractivity contribution >= 4 is 27.8 Å². The number of esters is 1. The first-order valence-corrected chi connectivity index (χ1v) is 11.4. The van der Waals surface area contributed by atoms with Crippen LogP contribution in [-0.4, -0.2) is 62.2 Å². The van der Waals surface area contributed by atoms with Crippen molar-refractivity contribution in [1.29, 1.82) is 0 Å². The molecule has 0 aromatic heterocycles. The van der Waals surface area contributed by atoms with Crippen molar-refractivity contribution in [3.8, 4) is 11.5 Å². The summed E-state index contributed by atoms with van der Waals surface area (Å²) in [5.74, 6) is 0.253. The molecule has 2 aliphatic rings. The maximum absolute atomic E-state index is 12.6. The third kappa shape index (κ3) is 5.29. The Balaban J connectivity index is 1.57. The van der Waals surface area contributed by atoms with E-state index in [1.54, 1.807) is 29.2 Å². The molecule has 0 radical (unpaired) electrons. The SMILES string of the molecule is CC[C@@H](C)N(C(=O)COC(=O)/C=C/c1ccc2c(c1)OCO2)[C@@H]1CCS(=O)(=O)C1. The van der Waals surface area contributed by atoms with Crippen LogP contribution >= 0.6 is 0 Å². The molecule has 0 spiro atoms. The van der Waals surface area contributed by atoms with Crippen molar-refractivity contribution in [2.24, 2.45) is 0 Å². The number of rotatable bonds is 7. The van der Waals surface area contributed by atoms with Gasteiger partial charge >= 0.3 is 5.97 Å². The number of ether oxygens (including phenoxy) is 3. The van der Waals surface area contributed by atoms with Crippen molar-refractivity contribution in [2.75, 3.05) is 24.9 Å². The lowest BCUT2D eigenvalue weighted by atomic mass is 10.1.